The van der Waals surface area contributed by atoms with Gasteiger partial charge in [0, 0.05) is 25.6 Å². The predicted octanol–water partition coefficient (Wildman–Crippen LogP) is 5.50. The van der Waals surface area contributed by atoms with Crippen molar-refractivity contribution >= 4 is 22.6 Å². The van der Waals surface area contributed by atoms with Crippen molar-refractivity contribution in [2.45, 2.75) is 64.1 Å². The van der Waals surface area contributed by atoms with E-state index in [2.05, 4.69) is 42.6 Å². The Hall–Kier alpha value is -2.92. The average molecular weight is 447 g/mol. The number of nitrogens with zero attached hydrogens (tertiary/aromatic N) is 1. The van der Waals surface area contributed by atoms with Gasteiger partial charge in [-0.2, -0.15) is 0 Å². The minimum Gasteiger partial charge on any atom is -0.444 e. The van der Waals surface area contributed by atoms with E-state index >= 15 is 0 Å². The van der Waals surface area contributed by atoms with Crippen molar-refractivity contribution < 1.29 is 14.3 Å². The molecule has 174 valence electrons. The molecule has 1 fully saturated rings. The van der Waals surface area contributed by atoms with Crippen molar-refractivity contribution in [1.82, 2.24) is 10.2 Å². The summed E-state index contributed by atoms with van der Waals surface area (Å²) in [5.41, 5.74) is 1.01. The topological polar surface area (TPSA) is 58.6 Å². The average Bonchev–Trinajstić information content (AvgIpc) is 2.77. The summed E-state index contributed by atoms with van der Waals surface area (Å²) < 4.78 is 5.88. The standard InChI is InChI=1S/C28H34N2O3/c1-20-28(15-14-21-8-7-11-25(31)18-21,24-13-12-22-9-5-6-10-23(22)19-24)30(17-16-29-20)26(32)33-27(2,3)4/h5-13,19-20,29H,14-18H2,1-4H3/t20?,28-/m0/s1. The van der Waals surface area contributed by atoms with E-state index in [1.54, 1.807) is 6.08 Å². The van der Waals surface area contributed by atoms with Gasteiger partial charge in [0.1, 0.15) is 5.60 Å². The van der Waals surface area contributed by atoms with Crippen molar-refractivity contribution in [2.24, 2.45) is 0 Å². The number of hydrogen-bond donors (Lipinski definition) is 1. The summed E-state index contributed by atoms with van der Waals surface area (Å²) in [5.74, 6) is 0.131. The fourth-order valence-corrected chi connectivity index (χ4v) is 5.08. The number of ketones is 1. The zero-order valence-electron chi connectivity index (χ0n) is 20.1. The van der Waals surface area contributed by atoms with E-state index in [1.807, 2.05) is 50.0 Å². The minimum atomic E-state index is -0.602. The molecule has 0 bridgehead atoms. The molecule has 4 rings (SSSR count). The van der Waals surface area contributed by atoms with E-state index in [-0.39, 0.29) is 17.9 Å². The highest BCUT2D eigenvalue weighted by atomic mass is 16.6. The Kier molecular flexibility index (Phi) is 6.44. The number of amides is 1. The second-order valence-corrected chi connectivity index (χ2v) is 10.1. The maximum absolute atomic E-state index is 13.5. The van der Waals surface area contributed by atoms with E-state index in [9.17, 15) is 9.59 Å². The number of rotatable bonds is 4. The fraction of sp³-hybridized carbons (Fsp3) is 0.429. The van der Waals surface area contributed by atoms with Crippen LogP contribution in [-0.2, 0) is 15.1 Å². The van der Waals surface area contributed by atoms with Crippen LogP contribution in [0.15, 0.2) is 66.3 Å². The quantitative estimate of drug-likeness (QED) is 0.674. The molecule has 0 spiro atoms. The zero-order valence-corrected chi connectivity index (χ0v) is 20.1. The van der Waals surface area contributed by atoms with E-state index in [4.69, 9.17) is 4.74 Å². The summed E-state index contributed by atoms with van der Waals surface area (Å²) in [5, 5.41) is 5.93. The maximum atomic E-state index is 13.5. The van der Waals surface area contributed by atoms with Gasteiger partial charge in [0.05, 0.1) is 5.54 Å². The largest absolute Gasteiger partial charge is 0.444 e. The van der Waals surface area contributed by atoms with E-state index < -0.39 is 11.1 Å². The van der Waals surface area contributed by atoms with Crippen LogP contribution < -0.4 is 5.32 Å². The first-order valence-electron chi connectivity index (χ1n) is 11.8. The number of carbonyl (C=O) groups excluding carboxylic acids is 2. The predicted molar refractivity (Wildman–Crippen MR) is 132 cm³/mol. The molecule has 0 aromatic heterocycles. The second-order valence-electron chi connectivity index (χ2n) is 10.1. The molecule has 5 nitrogen and oxygen atoms in total. The first kappa shape index (κ1) is 23.2. The van der Waals surface area contributed by atoms with Gasteiger partial charge in [0.25, 0.3) is 0 Å². The molecule has 1 unspecified atom stereocenters. The molecule has 33 heavy (non-hydrogen) atoms. The number of piperazine rings is 1. The number of allylic oxidation sites excluding steroid dienone is 4. The maximum Gasteiger partial charge on any atom is 0.411 e. The molecule has 0 radical (unpaired) electrons. The molecule has 1 aliphatic carbocycles. The summed E-state index contributed by atoms with van der Waals surface area (Å²) in [6.45, 7) is 9.12. The molecule has 0 saturated carbocycles. The van der Waals surface area contributed by atoms with Gasteiger partial charge in [-0.25, -0.2) is 4.79 Å². The van der Waals surface area contributed by atoms with Crippen molar-refractivity contribution in [2.75, 3.05) is 13.1 Å². The van der Waals surface area contributed by atoms with Crippen molar-refractivity contribution in [3.8, 4) is 0 Å². The Morgan fingerprint density at radius 1 is 1.18 bits per heavy atom. The summed E-state index contributed by atoms with van der Waals surface area (Å²) in [6, 6.07) is 14.8. The number of hydrogen-bond acceptors (Lipinski definition) is 4. The van der Waals surface area contributed by atoms with Gasteiger partial charge < -0.3 is 10.1 Å². The third-order valence-electron chi connectivity index (χ3n) is 6.69. The lowest BCUT2D eigenvalue weighted by atomic mass is 9.75. The van der Waals surface area contributed by atoms with Crippen LogP contribution in [0.2, 0.25) is 0 Å². The van der Waals surface area contributed by atoms with Crippen LogP contribution in [0, 0.1) is 0 Å². The summed E-state index contributed by atoms with van der Waals surface area (Å²) in [7, 11) is 0. The number of benzene rings is 2. The summed E-state index contributed by atoms with van der Waals surface area (Å²) in [4.78, 5) is 27.4. The van der Waals surface area contributed by atoms with Gasteiger partial charge in [-0.1, -0.05) is 54.1 Å². The van der Waals surface area contributed by atoms with Gasteiger partial charge in [-0.3, -0.25) is 9.69 Å². The molecule has 1 heterocycles. The van der Waals surface area contributed by atoms with Gasteiger partial charge in [0.15, 0.2) is 5.78 Å². The highest BCUT2D eigenvalue weighted by Gasteiger charge is 2.49. The SMILES string of the molecule is CC1NCCN(C(=O)OC(C)(C)C)[C@]1(CCC1=CC=CC(=O)C1)c1ccc2ccccc2c1. The van der Waals surface area contributed by atoms with Crippen molar-refractivity contribution in [3.05, 3.63) is 71.8 Å². The molecule has 5 heteroatoms. The molecule has 1 amide bonds. The first-order chi connectivity index (χ1) is 15.7. The van der Waals surface area contributed by atoms with E-state index in [0.29, 0.717) is 25.9 Å². The number of ether oxygens (including phenoxy) is 1. The lowest BCUT2D eigenvalue weighted by Crippen LogP contribution is -2.66. The number of nitrogens with one attached hydrogen (secondary N) is 1. The third kappa shape index (κ3) is 4.88. The van der Waals surface area contributed by atoms with Gasteiger partial charge in [0.2, 0.25) is 0 Å². The molecular formula is C28H34N2O3. The molecular weight excluding hydrogens is 412 g/mol. The van der Waals surface area contributed by atoms with Crippen LogP contribution in [0.5, 0.6) is 0 Å². The van der Waals surface area contributed by atoms with Crippen LogP contribution in [0.4, 0.5) is 4.79 Å². The van der Waals surface area contributed by atoms with Crippen molar-refractivity contribution in [3.63, 3.8) is 0 Å². The summed E-state index contributed by atoms with van der Waals surface area (Å²) in [6.07, 6.45) is 7.07. The molecule has 1 N–H and O–H groups in total. The Morgan fingerprint density at radius 2 is 1.94 bits per heavy atom. The zero-order chi connectivity index (χ0) is 23.6. The molecule has 2 aliphatic rings. The van der Waals surface area contributed by atoms with Gasteiger partial charge in [-0.15, -0.1) is 0 Å². The Balaban J connectivity index is 1.79. The number of fused-ring (bicyclic) bond motifs is 1. The minimum absolute atomic E-state index is 0.00960. The monoisotopic (exact) mass is 446 g/mol. The van der Waals surface area contributed by atoms with Crippen molar-refractivity contribution in [1.29, 1.82) is 0 Å². The van der Waals surface area contributed by atoms with Crippen LogP contribution in [-0.4, -0.2) is 41.5 Å². The first-order valence-corrected chi connectivity index (χ1v) is 11.8. The lowest BCUT2D eigenvalue weighted by Gasteiger charge is -2.52. The molecule has 2 aromatic carbocycles. The van der Waals surface area contributed by atoms with Crippen LogP contribution in [0.1, 0.15) is 52.5 Å². The van der Waals surface area contributed by atoms with E-state index in [1.165, 1.54) is 5.39 Å². The molecule has 2 atom stereocenters. The Bertz CT molecular complexity index is 1110. The van der Waals surface area contributed by atoms with Crippen LogP contribution >= 0.6 is 0 Å². The second kappa shape index (κ2) is 9.14. The highest BCUT2D eigenvalue weighted by Crippen LogP contribution is 2.42. The molecule has 1 aliphatic heterocycles. The van der Waals surface area contributed by atoms with Gasteiger partial charge in [-0.05, 0) is 69.0 Å². The van der Waals surface area contributed by atoms with E-state index in [0.717, 1.165) is 22.9 Å². The lowest BCUT2D eigenvalue weighted by molar-refractivity contribution is -0.114. The fourth-order valence-electron chi connectivity index (χ4n) is 5.08. The van der Waals surface area contributed by atoms with Crippen LogP contribution in [0.25, 0.3) is 10.8 Å². The Labute approximate surface area is 196 Å². The molecule has 1 saturated heterocycles. The summed E-state index contributed by atoms with van der Waals surface area (Å²) >= 11 is 0. The number of carbonyl (C=O) groups is 2. The third-order valence-corrected chi connectivity index (χ3v) is 6.69. The Morgan fingerprint density at radius 3 is 2.67 bits per heavy atom. The van der Waals surface area contributed by atoms with Crippen LogP contribution in [0.3, 0.4) is 0 Å². The normalized spacial score (nSPS) is 23.5. The van der Waals surface area contributed by atoms with Gasteiger partial charge >= 0.3 is 6.09 Å². The smallest absolute Gasteiger partial charge is 0.411 e. The highest BCUT2D eigenvalue weighted by molar-refractivity contribution is 5.93. The molecule has 2 aromatic rings.